The van der Waals surface area contributed by atoms with Gasteiger partial charge in [0, 0.05) is 29.2 Å². The van der Waals surface area contributed by atoms with Crippen LogP contribution in [0, 0.1) is 34.5 Å². The Labute approximate surface area is 176 Å². The first-order chi connectivity index (χ1) is 14.1. The number of carbonyl (C=O) groups excluding carboxylic acids is 2. The first kappa shape index (κ1) is 21.7. The van der Waals surface area contributed by atoms with E-state index in [1.807, 2.05) is 0 Å². The Hall–Kier alpha value is -1.56. The van der Waals surface area contributed by atoms with Crippen molar-refractivity contribution in [2.24, 2.45) is 34.5 Å². The highest BCUT2D eigenvalue weighted by Crippen LogP contribution is 2.67. The van der Waals surface area contributed by atoms with Gasteiger partial charge in [-0.15, -0.1) is 0 Å². The fourth-order valence-electron chi connectivity index (χ4n) is 7.82. The molecule has 4 nitrogen and oxygen atoms in total. The summed E-state index contributed by atoms with van der Waals surface area (Å²) < 4.78 is 35.9. The number of carbonyl (C=O) groups is 2. The monoisotopic (exact) mass is 422 g/mol. The SMILES string of the molecule is CCC[C@]12C[C@H](O)[C@H]3[C@@H](C[C@H](F)C4=C(F)C(=O)C=C[C@@]43C)[C@@H]1C[C@H](C)[C@H]2OC(C)=O. The summed E-state index contributed by atoms with van der Waals surface area (Å²) in [4.78, 5) is 23.7. The van der Waals surface area contributed by atoms with Crippen LogP contribution in [-0.4, -0.2) is 35.2 Å². The number of alkyl halides is 1. The zero-order chi connectivity index (χ0) is 22.0. The van der Waals surface area contributed by atoms with E-state index in [0.29, 0.717) is 6.42 Å². The zero-order valence-electron chi connectivity index (χ0n) is 18.2. The van der Waals surface area contributed by atoms with Crippen LogP contribution in [-0.2, 0) is 14.3 Å². The van der Waals surface area contributed by atoms with E-state index in [4.69, 9.17) is 4.74 Å². The number of hydrogen-bond acceptors (Lipinski definition) is 4. The number of aliphatic hydroxyl groups is 1. The second-order valence-electron chi connectivity index (χ2n) is 10.2. The van der Waals surface area contributed by atoms with Gasteiger partial charge in [0.2, 0.25) is 5.78 Å². The highest BCUT2D eigenvalue weighted by atomic mass is 19.1. The molecule has 0 heterocycles. The van der Waals surface area contributed by atoms with Gasteiger partial charge < -0.3 is 9.84 Å². The van der Waals surface area contributed by atoms with Gasteiger partial charge in [-0.2, -0.15) is 0 Å². The molecule has 0 aromatic rings. The standard InChI is InChI=1S/C24H32F2O4/c1-5-7-24-11-18(29)19-14(15(24)9-12(2)22(24)30-13(3)27)10-16(25)20-21(26)17(28)6-8-23(19,20)4/h6,8,12,14-16,18-19,22,29H,5,7,9-11H2,1-4H3/t12-,14-,15-,16-,18-,19+,22+,23+,24-/m0/s1. The summed E-state index contributed by atoms with van der Waals surface area (Å²) in [5.74, 6) is -2.47. The molecule has 166 valence electrons. The third-order valence-corrected chi connectivity index (χ3v) is 8.54. The van der Waals surface area contributed by atoms with Crippen LogP contribution in [0.5, 0.6) is 0 Å². The maximum atomic E-state index is 15.4. The predicted octanol–water partition coefficient (Wildman–Crippen LogP) is 4.47. The van der Waals surface area contributed by atoms with Crippen LogP contribution in [0.4, 0.5) is 8.78 Å². The Morgan fingerprint density at radius 1 is 1.37 bits per heavy atom. The van der Waals surface area contributed by atoms with Crippen molar-refractivity contribution in [1.29, 1.82) is 0 Å². The van der Waals surface area contributed by atoms with Crippen LogP contribution in [0.25, 0.3) is 0 Å². The van der Waals surface area contributed by atoms with Gasteiger partial charge in [0.15, 0.2) is 5.83 Å². The Morgan fingerprint density at radius 3 is 2.70 bits per heavy atom. The number of fused-ring (bicyclic) bond motifs is 5. The Bertz CT molecular complexity index is 820. The summed E-state index contributed by atoms with van der Waals surface area (Å²) in [5, 5.41) is 11.4. The van der Waals surface area contributed by atoms with Crippen LogP contribution in [0.15, 0.2) is 23.6 Å². The van der Waals surface area contributed by atoms with Gasteiger partial charge in [0.1, 0.15) is 12.3 Å². The van der Waals surface area contributed by atoms with Crippen LogP contribution in [0.3, 0.4) is 0 Å². The quantitative estimate of drug-likeness (QED) is 0.682. The van der Waals surface area contributed by atoms with E-state index in [9.17, 15) is 19.1 Å². The third kappa shape index (κ3) is 2.85. The summed E-state index contributed by atoms with van der Waals surface area (Å²) in [6.45, 7) is 7.30. The maximum Gasteiger partial charge on any atom is 0.302 e. The lowest BCUT2D eigenvalue weighted by Gasteiger charge is -2.59. The van der Waals surface area contributed by atoms with Crippen LogP contribution < -0.4 is 0 Å². The molecule has 0 aromatic carbocycles. The minimum absolute atomic E-state index is 0.0796. The van der Waals surface area contributed by atoms with Crippen molar-refractivity contribution in [2.45, 2.75) is 78.2 Å². The number of ketones is 1. The lowest BCUT2D eigenvalue weighted by molar-refractivity contribution is -0.175. The topological polar surface area (TPSA) is 63.6 Å². The minimum atomic E-state index is -1.56. The molecule has 6 heteroatoms. The second-order valence-corrected chi connectivity index (χ2v) is 10.2. The smallest absolute Gasteiger partial charge is 0.302 e. The van der Waals surface area contributed by atoms with Gasteiger partial charge in [-0.3, -0.25) is 9.59 Å². The van der Waals surface area contributed by atoms with Crippen LogP contribution >= 0.6 is 0 Å². The molecule has 1 N–H and O–H groups in total. The molecule has 9 atom stereocenters. The molecule has 3 fully saturated rings. The van der Waals surface area contributed by atoms with Crippen LogP contribution in [0.2, 0.25) is 0 Å². The lowest BCUT2D eigenvalue weighted by Crippen LogP contribution is -2.59. The van der Waals surface area contributed by atoms with E-state index in [-0.39, 0.29) is 47.7 Å². The molecule has 0 radical (unpaired) electrons. The van der Waals surface area contributed by atoms with E-state index in [1.54, 1.807) is 13.0 Å². The van der Waals surface area contributed by atoms with Gasteiger partial charge in [0.25, 0.3) is 0 Å². The first-order valence-corrected chi connectivity index (χ1v) is 11.2. The summed E-state index contributed by atoms with van der Waals surface area (Å²) in [6.07, 6.45) is 3.13. The number of esters is 1. The van der Waals surface area contributed by atoms with E-state index in [1.165, 1.54) is 13.0 Å². The average Bonchev–Trinajstić information content (AvgIpc) is 2.90. The van der Waals surface area contributed by atoms with Crippen molar-refractivity contribution in [3.63, 3.8) is 0 Å². The fraction of sp³-hybridized carbons (Fsp3) is 0.750. The molecule has 0 amide bonds. The third-order valence-electron chi connectivity index (χ3n) is 8.54. The Morgan fingerprint density at radius 2 is 2.07 bits per heavy atom. The molecular formula is C24H32F2O4. The number of hydrogen-bond donors (Lipinski definition) is 1. The predicted molar refractivity (Wildman–Crippen MR) is 108 cm³/mol. The van der Waals surface area contributed by atoms with E-state index < -0.39 is 34.7 Å². The van der Waals surface area contributed by atoms with Crippen molar-refractivity contribution >= 4 is 11.8 Å². The number of aliphatic hydroxyl groups excluding tert-OH is 1. The lowest BCUT2D eigenvalue weighted by atomic mass is 9.46. The average molecular weight is 423 g/mol. The summed E-state index contributed by atoms with van der Waals surface area (Å²) in [6, 6.07) is 0. The number of rotatable bonds is 3. The normalized spacial score (nSPS) is 47.6. The van der Waals surface area contributed by atoms with Crippen molar-refractivity contribution in [3.05, 3.63) is 23.6 Å². The van der Waals surface area contributed by atoms with Crippen molar-refractivity contribution < 1.29 is 28.2 Å². The Balaban J connectivity index is 1.80. The minimum Gasteiger partial charge on any atom is -0.462 e. The molecule has 0 spiro atoms. The highest BCUT2D eigenvalue weighted by molar-refractivity contribution is 6.04. The highest BCUT2D eigenvalue weighted by Gasteiger charge is 2.67. The molecular weight excluding hydrogens is 390 g/mol. The maximum absolute atomic E-state index is 15.4. The molecule has 0 unspecified atom stereocenters. The second kappa shape index (κ2) is 7.25. The van der Waals surface area contributed by atoms with Gasteiger partial charge in [0.05, 0.1) is 6.10 Å². The van der Waals surface area contributed by atoms with Gasteiger partial charge >= 0.3 is 5.97 Å². The summed E-state index contributed by atoms with van der Waals surface area (Å²) in [7, 11) is 0. The largest absolute Gasteiger partial charge is 0.462 e. The summed E-state index contributed by atoms with van der Waals surface area (Å²) in [5.41, 5.74) is -1.52. The van der Waals surface area contributed by atoms with E-state index in [0.717, 1.165) is 19.3 Å². The zero-order valence-corrected chi connectivity index (χ0v) is 18.2. The molecule has 0 bridgehead atoms. The van der Waals surface area contributed by atoms with Gasteiger partial charge in [-0.25, -0.2) is 8.78 Å². The molecule has 4 aliphatic rings. The van der Waals surface area contributed by atoms with E-state index in [2.05, 4.69) is 13.8 Å². The number of halogens is 2. The fourth-order valence-corrected chi connectivity index (χ4v) is 7.82. The summed E-state index contributed by atoms with van der Waals surface area (Å²) >= 11 is 0. The number of ether oxygens (including phenoxy) is 1. The van der Waals surface area contributed by atoms with Gasteiger partial charge in [-0.05, 0) is 49.5 Å². The van der Waals surface area contributed by atoms with Crippen molar-refractivity contribution in [2.75, 3.05) is 0 Å². The molecule has 0 aromatic heterocycles. The molecule has 0 aliphatic heterocycles. The van der Waals surface area contributed by atoms with Gasteiger partial charge in [-0.1, -0.05) is 33.3 Å². The van der Waals surface area contributed by atoms with Crippen molar-refractivity contribution in [3.8, 4) is 0 Å². The molecule has 30 heavy (non-hydrogen) atoms. The first-order valence-electron chi connectivity index (χ1n) is 11.2. The molecule has 3 saturated carbocycles. The van der Waals surface area contributed by atoms with E-state index >= 15 is 4.39 Å². The molecule has 4 rings (SSSR count). The van der Waals surface area contributed by atoms with Crippen molar-refractivity contribution in [1.82, 2.24) is 0 Å². The number of allylic oxidation sites excluding steroid dienone is 4. The molecule has 0 saturated heterocycles. The molecule has 4 aliphatic carbocycles. The van der Waals surface area contributed by atoms with Crippen LogP contribution in [0.1, 0.15) is 59.8 Å². The Kier molecular flexibility index (Phi) is 5.23.